The van der Waals surface area contributed by atoms with Crippen LogP contribution in [0, 0.1) is 5.92 Å². The van der Waals surface area contributed by atoms with Gasteiger partial charge in [0.25, 0.3) is 0 Å². The van der Waals surface area contributed by atoms with Crippen molar-refractivity contribution in [2.24, 2.45) is 5.92 Å². The third-order valence-corrected chi connectivity index (χ3v) is 5.97. The van der Waals surface area contributed by atoms with Crippen molar-refractivity contribution in [1.82, 2.24) is 0 Å². The van der Waals surface area contributed by atoms with E-state index in [-0.39, 0.29) is 23.5 Å². The van der Waals surface area contributed by atoms with Gasteiger partial charge in [-0.05, 0) is 54.3 Å². The maximum absolute atomic E-state index is 13.2. The fraction of sp³-hybridized carbons (Fsp3) is 0.391. The summed E-state index contributed by atoms with van der Waals surface area (Å²) in [5.41, 5.74) is 1.98. The van der Waals surface area contributed by atoms with Gasteiger partial charge in [-0.3, -0.25) is 9.59 Å². The van der Waals surface area contributed by atoms with Gasteiger partial charge in [-0.25, -0.2) is 0 Å². The summed E-state index contributed by atoms with van der Waals surface area (Å²) in [6.45, 7) is 2.61. The first-order valence-corrected chi connectivity index (χ1v) is 10.3. The average molecular weight is 448 g/mol. The number of morpholine rings is 1. The van der Waals surface area contributed by atoms with Crippen LogP contribution in [-0.4, -0.2) is 45.6 Å². The molecule has 1 atom stereocenters. The van der Waals surface area contributed by atoms with Crippen molar-refractivity contribution in [1.29, 1.82) is 0 Å². The molecule has 6 nitrogen and oxygen atoms in total. The number of hydrogen-bond donors (Lipinski definition) is 1. The zero-order valence-corrected chi connectivity index (χ0v) is 17.5. The average Bonchev–Trinajstić information content (AvgIpc) is 3.08. The molecule has 1 fully saturated rings. The van der Waals surface area contributed by atoms with Gasteiger partial charge in [0.1, 0.15) is 5.75 Å². The van der Waals surface area contributed by atoms with Crippen LogP contribution in [0.5, 0.6) is 5.75 Å². The van der Waals surface area contributed by atoms with E-state index in [0.29, 0.717) is 50.4 Å². The lowest BCUT2D eigenvalue weighted by atomic mass is 9.93. The summed E-state index contributed by atoms with van der Waals surface area (Å²) in [5, 5.41) is 2.44. The summed E-state index contributed by atoms with van der Waals surface area (Å²) in [6, 6.07) is 6.80. The number of carbonyl (C=O) groups excluding carboxylic acids is 2. The molecule has 4 rings (SSSR count). The van der Waals surface area contributed by atoms with Gasteiger partial charge in [0.05, 0.1) is 31.6 Å². The number of fused-ring (bicyclic) bond motifs is 1. The summed E-state index contributed by atoms with van der Waals surface area (Å²) in [7, 11) is 1.54. The van der Waals surface area contributed by atoms with Crippen LogP contribution in [0.4, 0.5) is 24.5 Å². The summed E-state index contributed by atoms with van der Waals surface area (Å²) in [6.07, 6.45) is -3.61. The van der Waals surface area contributed by atoms with E-state index in [0.717, 1.165) is 23.4 Å². The van der Waals surface area contributed by atoms with E-state index in [1.54, 1.807) is 13.2 Å². The number of methoxy groups -OCH3 is 1. The van der Waals surface area contributed by atoms with Crippen molar-refractivity contribution >= 4 is 23.6 Å². The quantitative estimate of drug-likeness (QED) is 0.683. The molecule has 0 aromatic heterocycles. The molecule has 9 heteroatoms. The Labute approximate surface area is 183 Å². The van der Waals surface area contributed by atoms with Crippen molar-refractivity contribution in [3.8, 4) is 5.75 Å². The van der Waals surface area contributed by atoms with Crippen LogP contribution in [0.2, 0.25) is 0 Å². The first-order valence-electron chi connectivity index (χ1n) is 10.3. The predicted octanol–water partition coefficient (Wildman–Crippen LogP) is 3.72. The van der Waals surface area contributed by atoms with E-state index in [1.165, 1.54) is 6.07 Å². The van der Waals surface area contributed by atoms with Gasteiger partial charge in [0.15, 0.2) is 5.78 Å². The number of amides is 1. The molecule has 1 N–H and O–H groups in total. The number of hydrogen-bond acceptors (Lipinski definition) is 5. The molecule has 0 radical (unpaired) electrons. The van der Waals surface area contributed by atoms with Gasteiger partial charge in [-0.15, -0.1) is 0 Å². The summed E-state index contributed by atoms with van der Waals surface area (Å²) in [5.74, 6) is -0.0753. The van der Waals surface area contributed by atoms with Crippen molar-refractivity contribution in [3.05, 3.63) is 52.6 Å². The number of alkyl halides is 3. The van der Waals surface area contributed by atoms with Gasteiger partial charge in [0.2, 0.25) is 6.41 Å². The number of carbonyl (C=O) groups is 2. The largest absolute Gasteiger partial charge is 0.495 e. The first-order chi connectivity index (χ1) is 15.3. The molecule has 2 aromatic carbocycles. The SMILES string of the molecule is COc1cc2c(cc1N1CCOCC1)CC(Cc1cc(C(F)(F)F)ccc1NC=O)C2=O. The van der Waals surface area contributed by atoms with E-state index in [4.69, 9.17) is 9.47 Å². The third-order valence-electron chi connectivity index (χ3n) is 5.97. The second kappa shape index (κ2) is 8.82. The predicted molar refractivity (Wildman–Crippen MR) is 112 cm³/mol. The second-order valence-electron chi connectivity index (χ2n) is 7.88. The molecule has 0 spiro atoms. The van der Waals surface area contributed by atoms with E-state index in [9.17, 15) is 22.8 Å². The summed E-state index contributed by atoms with van der Waals surface area (Å²) < 4.78 is 50.6. The molecule has 1 aliphatic carbocycles. The monoisotopic (exact) mass is 448 g/mol. The highest BCUT2D eigenvalue weighted by molar-refractivity contribution is 6.03. The van der Waals surface area contributed by atoms with Crippen LogP contribution < -0.4 is 15.0 Å². The Kier molecular flexibility index (Phi) is 6.10. The normalized spacial score (nSPS) is 18.4. The molecule has 1 amide bonds. The number of Topliss-reactive ketones (excluding diaryl/α,β-unsaturated/α-hetero) is 1. The Bertz CT molecular complexity index is 1030. The third kappa shape index (κ3) is 4.29. The Morgan fingerprint density at radius 2 is 1.97 bits per heavy atom. The lowest BCUT2D eigenvalue weighted by molar-refractivity contribution is -0.137. The molecule has 0 saturated carbocycles. The lowest BCUT2D eigenvalue weighted by Gasteiger charge is -2.30. The minimum Gasteiger partial charge on any atom is -0.495 e. The van der Waals surface area contributed by atoms with E-state index < -0.39 is 17.7 Å². The Morgan fingerprint density at radius 3 is 2.62 bits per heavy atom. The topological polar surface area (TPSA) is 67.9 Å². The Morgan fingerprint density at radius 1 is 1.22 bits per heavy atom. The van der Waals surface area contributed by atoms with E-state index in [2.05, 4.69) is 10.2 Å². The highest BCUT2D eigenvalue weighted by Gasteiger charge is 2.35. The molecule has 2 aromatic rings. The molecule has 1 unspecified atom stereocenters. The van der Waals surface area contributed by atoms with Crippen molar-refractivity contribution in [3.63, 3.8) is 0 Å². The molecular weight excluding hydrogens is 425 g/mol. The van der Waals surface area contributed by atoms with Crippen LogP contribution in [0.3, 0.4) is 0 Å². The van der Waals surface area contributed by atoms with Crippen LogP contribution in [0.1, 0.15) is 27.0 Å². The van der Waals surface area contributed by atoms with Crippen molar-refractivity contribution in [2.45, 2.75) is 19.0 Å². The second-order valence-corrected chi connectivity index (χ2v) is 7.88. The van der Waals surface area contributed by atoms with Crippen molar-refractivity contribution < 1.29 is 32.2 Å². The molecule has 170 valence electrons. The molecule has 1 saturated heterocycles. The minimum atomic E-state index is -4.52. The fourth-order valence-electron chi connectivity index (χ4n) is 4.38. The van der Waals surface area contributed by atoms with Crippen LogP contribution in [0.15, 0.2) is 30.3 Å². The van der Waals surface area contributed by atoms with Crippen LogP contribution >= 0.6 is 0 Å². The molecule has 0 bridgehead atoms. The van der Waals surface area contributed by atoms with E-state index >= 15 is 0 Å². The van der Waals surface area contributed by atoms with Crippen LogP contribution in [0.25, 0.3) is 0 Å². The standard InChI is InChI=1S/C23H23F3N2O4/c1-31-21-12-18-14(11-20(21)28-4-6-32-7-5-28)8-16(22(18)30)9-15-10-17(23(24,25)26)2-3-19(15)27-13-29/h2-3,10-13,16H,4-9H2,1H3,(H,27,29). The number of benzene rings is 2. The number of anilines is 2. The highest BCUT2D eigenvalue weighted by Crippen LogP contribution is 2.40. The molecule has 2 aliphatic rings. The molecule has 32 heavy (non-hydrogen) atoms. The first kappa shape index (κ1) is 22.1. The molecule has 1 heterocycles. The zero-order valence-electron chi connectivity index (χ0n) is 17.5. The number of ketones is 1. The fourth-order valence-corrected chi connectivity index (χ4v) is 4.38. The lowest BCUT2D eigenvalue weighted by Crippen LogP contribution is -2.36. The number of rotatable bonds is 6. The van der Waals surface area contributed by atoms with Crippen LogP contribution in [-0.2, 0) is 28.5 Å². The number of nitrogens with one attached hydrogen (secondary N) is 1. The molecule has 1 aliphatic heterocycles. The maximum Gasteiger partial charge on any atom is 0.416 e. The smallest absolute Gasteiger partial charge is 0.416 e. The van der Waals surface area contributed by atoms with Gasteiger partial charge < -0.3 is 19.7 Å². The Balaban J connectivity index is 1.63. The van der Waals surface area contributed by atoms with Gasteiger partial charge in [-0.1, -0.05) is 0 Å². The number of halogens is 3. The maximum atomic E-state index is 13.2. The summed E-state index contributed by atoms with van der Waals surface area (Å²) >= 11 is 0. The van der Waals surface area contributed by atoms with Gasteiger partial charge >= 0.3 is 6.18 Å². The van der Waals surface area contributed by atoms with E-state index in [1.807, 2.05) is 6.07 Å². The van der Waals surface area contributed by atoms with Gasteiger partial charge in [0, 0.05) is 30.3 Å². The highest BCUT2D eigenvalue weighted by atomic mass is 19.4. The summed E-state index contributed by atoms with van der Waals surface area (Å²) in [4.78, 5) is 26.2. The number of nitrogens with zero attached hydrogens (tertiary/aromatic N) is 1. The molecular formula is C23H23F3N2O4. The zero-order chi connectivity index (χ0) is 22.9. The number of ether oxygens (including phenoxy) is 2. The minimum absolute atomic E-state index is 0.0861. The Hall–Kier alpha value is -3.07. The van der Waals surface area contributed by atoms with Gasteiger partial charge in [-0.2, -0.15) is 13.2 Å². The van der Waals surface area contributed by atoms with Crippen molar-refractivity contribution in [2.75, 3.05) is 43.6 Å².